The molecular formula is C13H27N2+. The molecule has 0 aromatic heterocycles. The maximum Gasteiger partial charge on any atom is 0.102 e. The number of likely N-dealkylation sites (N-methyl/N-ethyl adjacent to an activating group) is 2. The summed E-state index contributed by atoms with van der Waals surface area (Å²) in [6.07, 6.45) is 4.22. The maximum atomic E-state index is 2.52. The lowest BCUT2D eigenvalue weighted by molar-refractivity contribution is -0.944. The molecule has 0 saturated carbocycles. The fraction of sp³-hybridized carbons (Fsp3) is 1.00. The third kappa shape index (κ3) is 2.07. The second-order valence-corrected chi connectivity index (χ2v) is 6.46. The summed E-state index contributed by atoms with van der Waals surface area (Å²) in [4.78, 5) is 2.52. The van der Waals surface area contributed by atoms with E-state index in [1.165, 1.54) is 49.9 Å². The molecule has 0 aromatic rings. The predicted octanol–water partition coefficient (Wildman–Crippen LogP) is 1.96. The molecule has 2 rings (SSSR count). The van der Waals surface area contributed by atoms with E-state index in [9.17, 15) is 0 Å². The summed E-state index contributed by atoms with van der Waals surface area (Å²) in [5, 5.41) is 0. The van der Waals surface area contributed by atoms with Gasteiger partial charge in [0.05, 0.1) is 26.7 Å². The van der Waals surface area contributed by atoms with Crippen molar-refractivity contribution in [3.63, 3.8) is 0 Å². The van der Waals surface area contributed by atoms with Gasteiger partial charge in [-0.15, -0.1) is 0 Å². The molecule has 3 atom stereocenters. The number of fused-ring (bicyclic) bond motifs is 1. The predicted molar refractivity (Wildman–Crippen MR) is 64.8 cm³/mol. The Hall–Kier alpha value is -0.0800. The van der Waals surface area contributed by atoms with Crippen LogP contribution in [0.2, 0.25) is 0 Å². The van der Waals surface area contributed by atoms with Crippen LogP contribution in [0.25, 0.3) is 0 Å². The molecule has 0 N–H and O–H groups in total. The van der Waals surface area contributed by atoms with Crippen LogP contribution in [0.5, 0.6) is 0 Å². The highest BCUT2D eigenvalue weighted by Gasteiger charge is 2.46. The lowest BCUT2D eigenvalue weighted by Gasteiger charge is -2.54. The van der Waals surface area contributed by atoms with Crippen molar-refractivity contribution < 1.29 is 4.48 Å². The molecule has 2 heterocycles. The molecule has 0 amide bonds. The van der Waals surface area contributed by atoms with Crippen LogP contribution >= 0.6 is 0 Å². The Bertz CT molecular complexity index is 241. The number of piperidine rings is 1. The van der Waals surface area contributed by atoms with Gasteiger partial charge in [-0.25, -0.2) is 0 Å². The second kappa shape index (κ2) is 3.74. The van der Waals surface area contributed by atoms with E-state index >= 15 is 0 Å². The van der Waals surface area contributed by atoms with Crippen LogP contribution < -0.4 is 0 Å². The van der Waals surface area contributed by atoms with Crippen molar-refractivity contribution in [3.05, 3.63) is 0 Å². The van der Waals surface area contributed by atoms with Gasteiger partial charge in [-0.2, -0.15) is 0 Å². The van der Waals surface area contributed by atoms with Gasteiger partial charge in [0, 0.05) is 19.4 Å². The van der Waals surface area contributed by atoms with Crippen molar-refractivity contribution in [2.24, 2.45) is 5.41 Å². The largest absolute Gasteiger partial charge is 0.321 e. The number of piperazine rings is 1. The number of hydrogen-bond donors (Lipinski definition) is 0. The molecular weight excluding hydrogens is 184 g/mol. The van der Waals surface area contributed by atoms with E-state index in [1.54, 1.807) is 0 Å². The molecule has 0 aliphatic carbocycles. The molecule has 2 aliphatic heterocycles. The molecule has 2 nitrogen and oxygen atoms in total. The van der Waals surface area contributed by atoms with E-state index in [-0.39, 0.29) is 0 Å². The molecule has 0 spiro atoms. The van der Waals surface area contributed by atoms with Gasteiger partial charge in [-0.3, -0.25) is 4.90 Å². The Morgan fingerprint density at radius 2 is 2.13 bits per heavy atom. The quantitative estimate of drug-likeness (QED) is 0.599. The van der Waals surface area contributed by atoms with Crippen LogP contribution in [0.4, 0.5) is 0 Å². The van der Waals surface area contributed by atoms with Crippen molar-refractivity contribution in [2.75, 3.05) is 40.3 Å². The molecule has 3 unspecified atom stereocenters. The topological polar surface area (TPSA) is 3.24 Å². The van der Waals surface area contributed by atoms with Crippen LogP contribution in [-0.2, 0) is 0 Å². The van der Waals surface area contributed by atoms with E-state index < -0.39 is 0 Å². The number of rotatable bonds is 1. The molecule has 2 aliphatic rings. The highest BCUT2D eigenvalue weighted by Crippen LogP contribution is 2.41. The first-order valence-corrected chi connectivity index (χ1v) is 6.50. The van der Waals surface area contributed by atoms with Crippen molar-refractivity contribution in [1.82, 2.24) is 4.90 Å². The van der Waals surface area contributed by atoms with Crippen LogP contribution in [-0.4, -0.2) is 55.7 Å². The average Bonchev–Trinajstić information content (AvgIpc) is 2.21. The second-order valence-electron chi connectivity index (χ2n) is 6.46. The maximum absolute atomic E-state index is 2.52. The van der Waals surface area contributed by atoms with Gasteiger partial charge in [-0.05, 0) is 12.5 Å². The van der Waals surface area contributed by atoms with E-state index in [2.05, 4.69) is 32.8 Å². The van der Waals surface area contributed by atoms with Crippen molar-refractivity contribution in [2.45, 2.75) is 39.2 Å². The monoisotopic (exact) mass is 211 g/mol. The van der Waals surface area contributed by atoms with E-state index in [0.717, 1.165) is 6.04 Å². The highest BCUT2D eigenvalue weighted by molar-refractivity contribution is 4.85. The zero-order chi connectivity index (χ0) is 11.1. The zero-order valence-electron chi connectivity index (χ0n) is 10.9. The van der Waals surface area contributed by atoms with Crippen LogP contribution in [0.3, 0.4) is 0 Å². The minimum Gasteiger partial charge on any atom is -0.321 e. The third-order valence-corrected chi connectivity index (χ3v) is 5.20. The number of nitrogens with zero attached hydrogens (tertiary/aromatic N) is 2. The summed E-state index contributed by atoms with van der Waals surface area (Å²) in [5.41, 5.74) is 0.626. The third-order valence-electron chi connectivity index (χ3n) is 5.20. The van der Waals surface area contributed by atoms with E-state index in [4.69, 9.17) is 0 Å². The summed E-state index contributed by atoms with van der Waals surface area (Å²) in [7, 11) is 4.76. The molecule has 0 aromatic carbocycles. The minimum absolute atomic E-state index is 0.626. The zero-order valence-corrected chi connectivity index (χ0v) is 10.9. The first-order chi connectivity index (χ1) is 6.97. The molecule has 2 heteroatoms. The van der Waals surface area contributed by atoms with E-state index in [0.29, 0.717) is 5.41 Å². The molecule has 2 saturated heterocycles. The first-order valence-electron chi connectivity index (χ1n) is 6.50. The van der Waals surface area contributed by atoms with E-state index in [1.807, 2.05) is 0 Å². The summed E-state index contributed by atoms with van der Waals surface area (Å²) in [5.74, 6) is 0. The smallest absolute Gasteiger partial charge is 0.102 e. The lowest BCUT2D eigenvalue weighted by atomic mass is 9.73. The van der Waals surface area contributed by atoms with Gasteiger partial charge in [0.15, 0.2) is 0 Å². The van der Waals surface area contributed by atoms with Crippen molar-refractivity contribution in [3.8, 4) is 0 Å². The van der Waals surface area contributed by atoms with Gasteiger partial charge in [0.1, 0.15) is 6.04 Å². The Morgan fingerprint density at radius 1 is 1.40 bits per heavy atom. The van der Waals surface area contributed by atoms with Crippen LogP contribution in [0.1, 0.15) is 33.1 Å². The Balaban J connectivity index is 2.10. The summed E-state index contributed by atoms with van der Waals surface area (Å²) < 4.78 is 1.35. The van der Waals surface area contributed by atoms with Crippen LogP contribution in [0.15, 0.2) is 0 Å². The summed E-state index contributed by atoms with van der Waals surface area (Å²) in [6, 6.07) is 0.891. The van der Waals surface area contributed by atoms with Gasteiger partial charge in [0.25, 0.3) is 0 Å². The van der Waals surface area contributed by atoms with Gasteiger partial charge in [0.2, 0.25) is 0 Å². The van der Waals surface area contributed by atoms with Gasteiger partial charge < -0.3 is 4.48 Å². The Kier molecular flexibility index (Phi) is 2.85. The Morgan fingerprint density at radius 3 is 2.80 bits per heavy atom. The molecule has 15 heavy (non-hydrogen) atoms. The standard InChI is InChI=1S/C13H27N2/c1-5-13(2)6-8-15(4)9-7-14(3)11-12(15)10-13/h12H,5-11H2,1-4H3/q+1. The lowest BCUT2D eigenvalue weighted by Crippen LogP contribution is -2.66. The summed E-state index contributed by atoms with van der Waals surface area (Å²) >= 11 is 0. The first kappa shape index (κ1) is 11.4. The number of quaternary nitrogens is 1. The van der Waals surface area contributed by atoms with Gasteiger partial charge >= 0.3 is 0 Å². The SMILES string of the molecule is CCC1(C)CC[N+]2(C)CCN(C)CC2C1. The molecule has 88 valence electrons. The molecule has 0 bridgehead atoms. The van der Waals surface area contributed by atoms with Gasteiger partial charge in [-0.1, -0.05) is 20.3 Å². The number of hydrogen-bond acceptors (Lipinski definition) is 1. The molecule has 2 fully saturated rings. The minimum atomic E-state index is 0.626. The Labute approximate surface area is 94.8 Å². The fourth-order valence-electron chi connectivity index (χ4n) is 3.33. The summed E-state index contributed by atoms with van der Waals surface area (Å²) in [6.45, 7) is 10.2. The highest BCUT2D eigenvalue weighted by atomic mass is 15.4. The van der Waals surface area contributed by atoms with Crippen LogP contribution in [0, 0.1) is 5.41 Å². The normalized spacial score (nSPS) is 47.6. The molecule has 0 radical (unpaired) electrons. The fourth-order valence-corrected chi connectivity index (χ4v) is 3.33. The average molecular weight is 211 g/mol. The van der Waals surface area contributed by atoms with Crippen molar-refractivity contribution in [1.29, 1.82) is 0 Å². The van der Waals surface area contributed by atoms with Crippen molar-refractivity contribution >= 4 is 0 Å².